The summed E-state index contributed by atoms with van der Waals surface area (Å²) in [6, 6.07) is 8.64. The number of carbonyl (C=O) groups is 2. The molecule has 0 saturated heterocycles. The average molecular weight is 347 g/mol. The molecule has 1 amide bonds. The molecule has 2 rings (SSSR count). The van der Waals surface area contributed by atoms with E-state index in [0.29, 0.717) is 36.7 Å². The minimum Gasteiger partial charge on any atom is -0.497 e. The van der Waals surface area contributed by atoms with Gasteiger partial charge in [-0.2, -0.15) is 0 Å². The van der Waals surface area contributed by atoms with Crippen molar-refractivity contribution >= 4 is 11.9 Å². The normalized spacial score (nSPS) is 10.3. The van der Waals surface area contributed by atoms with E-state index in [2.05, 4.69) is 5.32 Å². The summed E-state index contributed by atoms with van der Waals surface area (Å²) in [6.45, 7) is 2.15. The lowest BCUT2D eigenvalue weighted by atomic mass is 10.2. The number of hydrogen-bond donors (Lipinski definition) is 2. The molecule has 7 nitrogen and oxygen atoms in total. The number of aromatic carboxylic acids is 1. The highest BCUT2D eigenvalue weighted by molar-refractivity contribution is 5.88. The van der Waals surface area contributed by atoms with Gasteiger partial charge >= 0.3 is 5.97 Å². The summed E-state index contributed by atoms with van der Waals surface area (Å²) in [5, 5.41) is 11.6. The smallest absolute Gasteiger partial charge is 0.339 e. The van der Waals surface area contributed by atoms with E-state index in [1.54, 1.807) is 38.3 Å². The highest BCUT2D eigenvalue weighted by Crippen LogP contribution is 2.17. The molecule has 0 unspecified atom stereocenters. The zero-order valence-electron chi connectivity index (χ0n) is 14.2. The van der Waals surface area contributed by atoms with Crippen LogP contribution in [0.4, 0.5) is 0 Å². The van der Waals surface area contributed by atoms with Crippen molar-refractivity contribution in [1.82, 2.24) is 5.32 Å². The predicted molar refractivity (Wildman–Crippen MR) is 90.0 cm³/mol. The van der Waals surface area contributed by atoms with E-state index < -0.39 is 5.97 Å². The molecule has 0 aliphatic rings. The molecule has 0 bridgehead atoms. The van der Waals surface area contributed by atoms with E-state index in [9.17, 15) is 9.59 Å². The SMILES string of the molecule is COc1ccc(OCCCC(=O)NCc2cc(C(=O)O)c(C)o2)cc1. The number of ether oxygens (including phenoxy) is 2. The minimum absolute atomic E-state index is 0.108. The molecular weight excluding hydrogens is 326 g/mol. The molecular formula is C18H21NO6. The van der Waals surface area contributed by atoms with Crippen LogP contribution in [0.25, 0.3) is 0 Å². The largest absolute Gasteiger partial charge is 0.497 e. The zero-order valence-corrected chi connectivity index (χ0v) is 14.2. The predicted octanol–water partition coefficient (Wildman–Crippen LogP) is 2.77. The molecule has 0 aliphatic heterocycles. The van der Waals surface area contributed by atoms with Crippen LogP contribution in [0, 0.1) is 6.92 Å². The third kappa shape index (κ3) is 5.56. The van der Waals surface area contributed by atoms with Crippen molar-refractivity contribution in [2.45, 2.75) is 26.3 Å². The molecule has 0 saturated carbocycles. The Kier molecular flexibility index (Phi) is 6.45. The second-order valence-electron chi connectivity index (χ2n) is 5.39. The van der Waals surface area contributed by atoms with Gasteiger partial charge in [-0.3, -0.25) is 4.79 Å². The van der Waals surface area contributed by atoms with Crippen LogP contribution >= 0.6 is 0 Å². The Labute approximate surface area is 145 Å². The number of nitrogens with one attached hydrogen (secondary N) is 1. The van der Waals surface area contributed by atoms with Gasteiger partial charge in [-0.15, -0.1) is 0 Å². The molecule has 1 aromatic carbocycles. The first-order valence-corrected chi connectivity index (χ1v) is 7.85. The van der Waals surface area contributed by atoms with E-state index in [-0.39, 0.29) is 18.0 Å². The van der Waals surface area contributed by atoms with Gasteiger partial charge < -0.3 is 24.3 Å². The molecule has 2 N–H and O–H groups in total. The van der Waals surface area contributed by atoms with Crippen molar-refractivity contribution in [3.8, 4) is 11.5 Å². The Balaban J connectivity index is 1.66. The number of aryl methyl sites for hydroxylation is 1. The summed E-state index contributed by atoms with van der Waals surface area (Å²) < 4.78 is 15.9. The van der Waals surface area contributed by atoms with Crippen molar-refractivity contribution in [1.29, 1.82) is 0 Å². The monoisotopic (exact) mass is 347 g/mol. The van der Waals surface area contributed by atoms with Crippen molar-refractivity contribution in [2.24, 2.45) is 0 Å². The molecule has 2 aromatic rings. The number of hydrogen-bond acceptors (Lipinski definition) is 5. The average Bonchev–Trinajstić information content (AvgIpc) is 2.98. The summed E-state index contributed by atoms with van der Waals surface area (Å²) in [5.41, 5.74) is 0.108. The lowest BCUT2D eigenvalue weighted by Crippen LogP contribution is -2.22. The summed E-state index contributed by atoms with van der Waals surface area (Å²) in [5.74, 6) is 1.01. The van der Waals surface area contributed by atoms with Gasteiger partial charge in [0.25, 0.3) is 0 Å². The van der Waals surface area contributed by atoms with Crippen LogP contribution < -0.4 is 14.8 Å². The number of rotatable bonds is 9. The van der Waals surface area contributed by atoms with E-state index in [0.717, 1.165) is 5.75 Å². The Morgan fingerprint density at radius 2 is 1.88 bits per heavy atom. The molecule has 134 valence electrons. The van der Waals surface area contributed by atoms with Gasteiger partial charge in [-0.25, -0.2) is 4.79 Å². The fourth-order valence-corrected chi connectivity index (χ4v) is 2.21. The third-order valence-electron chi connectivity index (χ3n) is 3.54. The number of amides is 1. The van der Waals surface area contributed by atoms with E-state index >= 15 is 0 Å². The molecule has 0 fully saturated rings. The number of carboxylic acid groups (broad SMARTS) is 1. The van der Waals surface area contributed by atoms with Crippen molar-refractivity contribution in [3.05, 3.63) is 47.4 Å². The highest BCUT2D eigenvalue weighted by atomic mass is 16.5. The number of carboxylic acids is 1. The lowest BCUT2D eigenvalue weighted by molar-refractivity contribution is -0.121. The molecule has 0 spiro atoms. The highest BCUT2D eigenvalue weighted by Gasteiger charge is 2.14. The molecule has 0 atom stereocenters. The Bertz CT molecular complexity index is 720. The first-order chi connectivity index (χ1) is 12.0. The number of benzene rings is 1. The molecule has 0 radical (unpaired) electrons. The summed E-state index contributed by atoms with van der Waals surface area (Å²) in [4.78, 5) is 22.7. The molecule has 1 heterocycles. The maximum absolute atomic E-state index is 11.8. The van der Waals surface area contributed by atoms with Gasteiger partial charge in [0.2, 0.25) is 5.91 Å². The maximum Gasteiger partial charge on any atom is 0.339 e. The van der Waals surface area contributed by atoms with Crippen LogP contribution in [0.2, 0.25) is 0 Å². The maximum atomic E-state index is 11.8. The van der Waals surface area contributed by atoms with Crippen LogP contribution in [0.3, 0.4) is 0 Å². The standard InChI is InChI=1S/C18H21NO6/c1-12-16(18(21)22)10-15(25-12)11-19-17(20)4-3-9-24-14-7-5-13(23-2)6-8-14/h5-8,10H,3-4,9,11H2,1-2H3,(H,19,20)(H,21,22). The van der Waals surface area contributed by atoms with Crippen molar-refractivity contribution in [3.63, 3.8) is 0 Å². The molecule has 1 aromatic heterocycles. The Hall–Kier alpha value is -2.96. The second kappa shape index (κ2) is 8.77. The van der Waals surface area contributed by atoms with Crippen molar-refractivity contribution in [2.75, 3.05) is 13.7 Å². The number of carbonyl (C=O) groups excluding carboxylic acids is 1. The zero-order chi connectivity index (χ0) is 18.2. The topological polar surface area (TPSA) is 98.0 Å². The first kappa shape index (κ1) is 18.4. The molecule has 0 aliphatic carbocycles. The van der Waals surface area contributed by atoms with Crippen molar-refractivity contribution < 1.29 is 28.6 Å². The third-order valence-corrected chi connectivity index (χ3v) is 3.54. The quantitative estimate of drug-likeness (QED) is 0.677. The van der Waals surface area contributed by atoms with Gasteiger partial charge in [0.1, 0.15) is 28.6 Å². The fourth-order valence-electron chi connectivity index (χ4n) is 2.21. The van der Waals surface area contributed by atoms with Crippen LogP contribution in [-0.4, -0.2) is 30.7 Å². The first-order valence-electron chi connectivity index (χ1n) is 7.85. The van der Waals surface area contributed by atoms with Crippen LogP contribution in [0.15, 0.2) is 34.7 Å². The Morgan fingerprint density at radius 1 is 1.20 bits per heavy atom. The van der Waals surface area contributed by atoms with Gasteiger partial charge in [-0.05, 0) is 43.7 Å². The van der Waals surface area contributed by atoms with Crippen LogP contribution in [0.5, 0.6) is 11.5 Å². The van der Waals surface area contributed by atoms with Crippen LogP contribution in [-0.2, 0) is 11.3 Å². The van der Waals surface area contributed by atoms with Gasteiger partial charge in [-0.1, -0.05) is 0 Å². The summed E-state index contributed by atoms with van der Waals surface area (Å²) in [6.07, 6.45) is 0.872. The van der Waals surface area contributed by atoms with E-state index in [1.807, 2.05) is 0 Å². The summed E-state index contributed by atoms with van der Waals surface area (Å²) >= 11 is 0. The fraction of sp³-hybridized carbons (Fsp3) is 0.333. The van der Waals surface area contributed by atoms with Gasteiger partial charge in [0, 0.05) is 6.42 Å². The van der Waals surface area contributed by atoms with Gasteiger partial charge in [0.05, 0.1) is 20.3 Å². The number of methoxy groups -OCH3 is 1. The number of furan rings is 1. The van der Waals surface area contributed by atoms with Gasteiger partial charge in [0.15, 0.2) is 0 Å². The lowest BCUT2D eigenvalue weighted by Gasteiger charge is -2.07. The van der Waals surface area contributed by atoms with Crippen LogP contribution in [0.1, 0.15) is 34.7 Å². The van der Waals surface area contributed by atoms with E-state index in [1.165, 1.54) is 6.07 Å². The molecule has 7 heteroatoms. The van der Waals surface area contributed by atoms with E-state index in [4.69, 9.17) is 19.0 Å². The minimum atomic E-state index is -1.05. The summed E-state index contributed by atoms with van der Waals surface area (Å²) in [7, 11) is 1.60. The Morgan fingerprint density at radius 3 is 2.48 bits per heavy atom. The molecule has 25 heavy (non-hydrogen) atoms. The second-order valence-corrected chi connectivity index (χ2v) is 5.39.